The molecule has 0 atom stereocenters. The van der Waals surface area contributed by atoms with Crippen LogP contribution in [0.3, 0.4) is 0 Å². The molecule has 1 N–H and O–H groups in total. The van der Waals surface area contributed by atoms with E-state index in [1.807, 2.05) is 24.0 Å². The molecule has 2 aromatic rings. The average Bonchev–Trinajstić information content (AvgIpc) is 2.66. The van der Waals surface area contributed by atoms with Crippen molar-refractivity contribution in [3.63, 3.8) is 0 Å². The van der Waals surface area contributed by atoms with Crippen LogP contribution in [-0.4, -0.2) is 9.78 Å². The van der Waals surface area contributed by atoms with Gasteiger partial charge in [-0.05, 0) is 53.3 Å². The van der Waals surface area contributed by atoms with Crippen molar-refractivity contribution in [3.05, 3.63) is 45.3 Å². The molecule has 0 radical (unpaired) electrons. The normalized spacial score (nSPS) is 10.4. The molecule has 0 spiro atoms. The molecule has 0 bridgehead atoms. The number of hydrogen-bond acceptors (Lipinski definition) is 2. The van der Waals surface area contributed by atoms with Crippen molar-refractivity contribution in [2.75, 3.05) is 5.32 Å². The molecule has 0 aliphatic heterocycles. The predicted octanol–water partition coefficient (Wildman–Crippen LogP) is 2.95. The van der Waals surface area contributed by atoms with E-state index in [-0.39, 0.29) is 0 Å². The van der Waals surface area contributed by atoms with Crippen LogP contribution in [0.5, 0.6) is 0 Å². The Balaban J connectivity index is 2.05. The van der Waals surface area contributed by atoms with Gasteiger partial charge in [0.25, 0.3) is 0 Å². The van der Waals surface area contributed by atoms with Crippen molar-refractivity contribution >= 4 is 28.3 Å². The third-order valence-electron chi connectivity index (χ3n) is 2.57. The number of nitrogens with one attached hydrogen (secondary N) is 1. The SMILES string of the molecule is Cc1ccc(NCc2ccnn2C)cc1I. The van der Waals surface area contributed by atoms with Crippen LogP contribution in [0, 0.1) is 10.5 Å². The topological polar surface area (TPSA) is 29.9 Å². The molecule has 16 heavy (non-hydrogen) atoms. The molecule has 2 rings (SSSR count). The van der Waals surface area contributed by atoms with Crippen molar-refractivity contribution in [2.24, 2.45) is 7.05 Å². The van der Waals surface area contributed by atoms with Gasteiger partial charge in [-0.15, -0.1) is 0 Å². The molecule has 0 saturated carbocycles. The van der Waals surface area contributed by atoms with Gasteiger partial charge >= 0.3 is 0 Å². The smallest absolute Gasteiger partial charge is 0.0571 e. The van der Waals surface area contributed by atoms with Crippen molar-refractivity contribution < 1.29 is 0 Å². The summed E-state index contributed by atoms with van der Waals surface area (Å²) in [5.41, 5.74) is 3.64. The number of hydrogen-bond donors (Lipinski definition) is 1. The number of nitrogens with zero attached hydrogens (tertiary/aromatic N) is 2. The maximum absolute atomic E-state index is 4.14. The van der Waals surface area contributed by atoms with Crippen LogP contribution in [-0.2, 0) is 13.6 Å². The largest absolute Gasteiger partial charge is 0.379 e. The maximum Gasteiger partial charge on any atom is 0.0571 e. The van der Waals surface area contributed by atoms with E-state index < -0.39 is 0 Å². The van der Waals surface area contributed by atoms with Gasteiger partial charge in [0.1, 0.15) is 0 Å². The zero-order valence-electron chi connectivity index (χ0n) is 9.37. The predicted molar refractivity (Wildman–Crippen MR) is 74.4 cm³/mol. The Bertz CT molecular complexity index is 491. The highest BCUT2D eigenvalue weighted by Gasteiger charge is 2.00. The number of halogens is 1. The molecular weight excluding hydrogens is 313 g/mol. The lowest BCUT2D eigenvalue weighted by Gasteiger charge is -2.08. The quantitative estimate of drug-likeness (QED) is 0.879. The first kappa shape index (κ1) is 11.4. The molecular formula is C12H14IN3. The summed E-state index contributed by atoms with van der Waals surface area (Å²) in [6.45, 7) is 2.92. The van der Waals surface area contributed by atoms with Gasteiger partial charge < -0.3 is 5.32 Å². The molecule has 0 saturated heterocycles. The van der Waals surface area contributed by atoms with E-state index in [2.05, 4.69) is 58.1 Å². The first-order chi connectivity index (χ1) is 7.66. The van der Waals surface area contributed by atoms with Crippen molar-refractivity contribution in [3.8, 4) is 0 Å². The van der Waals surface area contributed by atoms with Crippen LogP contribution in [0.2, 0.25) is 0 Å². The zero-order chi connectivity index (χ0) is 11.5. The van der Waals surface area contributed by atoms with Crippen LogP contribution < -0.4 is 5.32 Å². The van der Waals surface area contributed by atoms with E-state index in [0.717, 1.165) is 12.2 Å². The van der Waals surface area contributed by atoms with Crippen molar-refractivity contribution in [2.45, 2.75) is 13.5 Å². The summed E-state index contributed by atoms with van der Waals surface area (Å²) in [6.07, 6.45) is 1.82. The summed E-state index contributed by atoms with van der Waals surface area (Å²) in [7, 11) is 1.95. The molecule has 0 fully saturated rings. The van der Waals surface area contributed by atoms with Crippen molar-refractivity contribution in [1.82, 2.24) is 9.78 Å². The zero-order valence-corrected chi connectivity index (χ0v) is 11.5. The third-order valence-corrected chi connectivity index (χ3v) is 3.73. The minimum Gasteiger partial charge on any atom is -0.379 e. The van der Waals surface area contributed by atoms with Gasteiger partial charge in [0.2, 0.25) is 0 Å². The Labute approximate surface area is 109 Å². The minimum absolute atomic E-state index is 0.801. The van der Waals surface area contributed by atoms with Crippen LogP contribution in [0.25, 0.3) is 0 Å². The molecule has 1 heterocycles. The third kappa shape index (κ3) is 2.55. The monoisotopic (exact) mass is 327 g/mol. The average molecular weight is 327 g/mol. The highest BCUT2D eigenvalue weighted by Crippen LogP contribution is 2.17. The molecule has 0 aliphatic rings. The molecule has 3 nitrogen and oxygen atoms in total. The molecule has 0 amide bonds. The number of anilines is 1. The number of aryl methyl sites for hydroxylation is 2. The Kier molecular flexibility index (Phi) is 3.48. The summed E-state index contributed by atoms with van der Waals surface area (Å²) < 4.78 is 3.17. The lowest BCUT2D eigenvalue weighted by atomic mass is 10.2. The summed E-state index contributed by atoms with van der Waals surface area (Å²) >= 11 is 2.35. The van der Waals surface area contributed by atoms with E-state index in [0.29, 0.717) is 0 Å². The fourth-order valence-corrected chi connectivity index (χ4v) is 1.99. The molecule has 1 aromatic carbocycles. The fourth-order valence-electron chi connectivity index (χ4n) is 1.47. The number of benzene rings is 1. The molecule has 0 unspecified atom stereocenters. The summed E-state index contributed by atoms with van der Waals surface area (Å²) in [5, 5.41) is 7.53. The Morgan fingerprint density at radius 3 is 2.81 bits per heavy atom. The van der Waals surface area contributed by atoms with Crippen LogP contribution in [0.15, 0.2) is 30.5 Å². The number of aromatic nitrogens is 2. The van der Waals surface area contributed by atoms with Crippen LogP contribution >= 0.6 is 22.6 Å². The van der Waals surface area contributed by atoms with E-state index in [4.69, 9.17) is 0 Å². The number of rotatable bonds is 3. The Morgan fingerprint density at radius 1 is 1.38 bits per heavy atom. The summed E-state index contributed by atoms with van der Waals surface area (Å²) in [5.74, 6) is 0. The first-order valence-corrected chi connectivity index (χ1v) is 6.21. The lowest BCUT2D eigenvalue weighted by Crippen LogP contribution is -2.05. The van der Waals surface area contributed by atoms with E-state index in [1.165, 1.54) is 14.8 Å². The van der Waals surface area contributed by atoms with E-state index in [9.17, 15) is 0 Å². The highest BCUT2D eigenvalue weighted by atomic mass is 127. The molecule has 0 aliphatic carbocycles. The van der Waals surface area contributed by atoms with Gasteiger partial charge in [0, 0.05) is 22.5 Å². The minimum atomic E-state index is 0.801. The second-order valence-electron chi connectivity index (χ2n) is 3.76. The summed E-state index contributed by atoms with van der Waals surface area (Å²) in [6, 6.07) is 8.42. The van der Waals surface area contributed by atoms with Gasteiger partial charge in [0.05, 0.1) is 12.2 Å². The summed E-state index contributed by atoms with van der Waals surface area (Å²) in [4.78, 5) is 0. The van der Waals surface area contributed by atoms with Crippen LogP contribution in [0.4, 0.5) is 5.69 Å². The van der Waals surface area contributed by atoms with E-state index >= 15 is 0 Å². The standard InChI is InChI=1S/C12H14IN3/c1-9-3-4-10(7-12(9)13)14-8-11-5-6-15-16(11)2/h3-7,14H,8H2,1-2H3. The molecule has 1 aromatic heterocycles. The van der Waals surface area contributed by atoms with Gasteiger partial charge in [0.15, 0.2) is 0 Å². The second-order valence-corrected chi connectivity index (χ2v) is 4.93. The Morgan fingerprint density at radius 2 is 2.19 bits per heavy atom. The Hall–Kier alpha value is -1.04. The van der Waals surface area contributed by atoms with Crippen molar-refractivity contribution in [1.29, 1.82) is 0 Å². The first-order valence-electron chi connectivity index (χ1n) is 5.14. The lowest BCUT2D eigenvalue weighted by molar-refractivity contribution is 0.720. The van der Waals surface area contributed by atoms with Gasteiger partial charge in [-0.3, -0.25) is 4.68 Å². The van der Waals surface area contributed by atoms with Crippen LogP contribution in [0.1, 0.15) is 11.3 Å². The van der Waals surface area contributed by atoms with Gasteiger partial charge in [-0.2, -0.15) is 5.10 Å². The maximum atomic E-state index is 4.14. The second kappa shape index (κ2) is 4.86. The van der Waals surface area contributed by atoms with E-state index in [1.54, 1.807) is 0 Å². The highest BCUT2D eigenvalue weighted by molar-refractivity contribution is 14.1. The van der Waals surface area contributed by atoms with Gasteiger partial charge in [-0.25, -0.2) is 0 Å². The van der Waals surface area contributed by atoms with Gasteiger partial charge in [-0.1, -0.05) is 6.07 Å². The molecule has 4 heteroatoms. The fraction of sp³-hybridized carbons (Fsp3) is 0.250. The molecule has 84 valence electrons.